The molecular formula is C16H20N4O. The SMILES string of the molecule is CCOc1cncc(N2CC(CCN)c3ccccc32)n1. The van der Waals surface area contributed by atoms with Gasteiger partial charge in [0, 0.05) is 18.2 Å². The van der Waals surface area contributed by atoms with Crippen molar-refractivity contribution in [2.75, 3.05) is 24.6 Å². The van der Waals surface area contributed by atoms with E-state index < -0.39 is 0 Å². The maximum atomic E-state index is 5.75. The van der Waals surface area contributed by atoms with E-state index in [0.717, 1.165) is 18.8 Å². The molecule has 21 heavy (non-hydrogen) atoms. The molecule has 0 bridgehead atoms. The molecule has 0 fully saturated rings. The highest BCUT2D eigenvalue weighted by molar-refractivity contribution is 5.68. The Morgan fingerprint density at radius 2 is 2.19 bits per heavy atom. The second-order valence-electron chi connectivity index (χ2n) is 5.09. The minimum absolute atomic E-state index is 0.448. The molecule has 2 heterocycles. The summed E-state index contributed by atoms with van der Waals surface area (Å²) in [7, 11) is 0. The number of para-hydroxylation sites is 1. The lowest BCUT2D eigenvalue weighted by Crippen LogP contribution is -2.18. The van der Waals surface area contributed by atoms with Crippen LogP contribution in [0, 0.1) is 0 Å². The van der Waals surface area contributed by atoms with Crippen molar-refractivity contribution in [1.29, 1.82) is 0 Å². The number of hydrogen-bond acceptors (Lipinski definition) is 5. The standard InChI is InChI=1S/C16H20N4O/c1-2-21-16-10-18-9-15(19-16)20-11-12(7-8-17)13-5-3-4-6-14(13)20/h3-6,9-10,12H,2,7-8,11,17H2,1H3. The summed E-state index contributed by atoms with van der Waals surface area (Å²) >= 11 is 0. The van der Waals surface area contributed by atoms with Crippen LogP contribution >= 0.6 is 0 Å². The zero-order valence-corrected chi connectivity index (χ0v) is 12.2. The zero-order valence-electron chi connectivity index (χ0n) is 12.2. The number of anilines is 2. The Kier molecular flexibility index (Phi) is 4.01. The molecule has 2 N–H and O–H groups in total. The van der Waals surface area contributed by atoms with E-state index in [2.05, 4.69) is 39.1 Å². The predicted molar refractivity (Wildman–Crippen MR) is 83.1 cm³/mol. The fourth-order valence-electron chi connectivity index (χ4n) is 2.85. The Balaban J connectivity index is 1.94. The highest BCUT2D eigenvalue weighted by Gasteiger charge is 2.29. The molecule has 110 valence electrons. The van der Waals surface area contributed by atoms with Crippen LogP contribution in [0.4, 0.5) is 11.5 Å². The van der Waals surface area contributed by atoms with Gasteiger partial charge in [0.15, 0.2) is 5.82 Å². The monoisotopic (exact) mass is 284 g/mol. The number of aromatic nitrogens is 2. The lowest BCUT2D eigenvalue weighted by Gasteiger charge is -2.19. The molecule has 1 aromatic carbocycles. The van der Waals surface area contributed by atoms with Gasteiger partial charge in [-0.3, -0.25) is 4.98 Å². The summed E-state index contributed by atoms with van der Waals surface area (Å²) < 4.78 is 5.45. The van der Waals surface area contributed by atoms with Crippen LogP contribution in [-0.4, -0.2) is 29.7 Å². The summed E-state index contributed by atoms with van der Waals surface area (Å²) in [4.78, 5) is 11.0. The number of ether oxygens (including phenoxy) is 1. The van der Waals surface area contributed by atoms with Gasteiger partial charge in [0.2, 0.25) is 5.88 Å². The average Bonchev–Trinajstić information content (AvgIpc) is 2.88. The van der Waals surface area contributed by atoms with Crippen molar-refractivity contribution < 1.29 is 4.74 Å². The number of rotatable bonds is 5. The molecule has 3 rings (SSSR count). The minimum Gasteiger partial charge on any atom is -0.477 e. The van der Waals surface area contributed by atoms with E-state index in [0.29, 0.717) is 24.9 Å². The van der Waals surface area contributed by atoms with Crippen molar-refractivity contribution in [1.82, 2.24) is 9.97 Å². The third-order valence-corrected chi connectivity index (χ3v) is 3.75. The van der Waals surface area contributed by atoms with E-state index in [4.69, 9.17) is 10.5 Å². The third-order valence-electron chi connectivity index (χ3n) is 3.75. The number of nitrogens with two attached hydrogens (primary N) is 1. The van der Waals surface area contributed by atoms with Crippen molar-refractivity contribution >= 4 is 11.5 Å². The maximum Gasteiger partial charge on any atom is 0.234 e. The van der Waals surface area contributed by atoms with Gasteiger partial charge in [0.05, 0.1) is 19.0 Å². The number of fused-ring (bicyclic) bond motifs is 1. The average molecular weight is 284 g/mol. The van der Waals surface area contributed by atoms with Gasteiger partial charge in [-0.1, -0.05) is 18.2 Å². The van der Waals surface area contributed by atoms with Gasteiger partial charge in [0.25, 0.3) is 0 Å². The van der Waals surface area contributed by atoms with Crippen LogP contribution < -0.4 is 15.4 Å². The first-order chi connectivity index (χ1) is 10.3. The zero-order chi connectivity index (χ0) is 14.7. The molecule has 0 saturated carbocycles. The molecule has 1 unspecified atom stereocenters. The lowest BCUT2D eigenvalue weighted by molar-refractivity contribution is 0.325. The number of hydrogen-bond donors (Lipinski definition) is 1. The normalized spacial score (nSPS) is 16.9. The van der Waals surface area contributed by atoms with Gasteiger partial charge in [-0.05, 0) is 31.5 Å². The highest BCUT2D eigenvalue weighted by atomic mass is 16.5. The van der Waals surface area contributed by atoms with Crippen LogP contribution in [0.3, 0.4) is 0 Å². The van der Waals surface area contributed by atoms with Gasteiger partial charge in [-0.15, -0.1) is 0 Å². The van der Waals surface area contributed by atoms with E-state index in [-0.39, 0.29) is 0 Å². The second-order valence-corrected chi connectivity index (χ2v) is 5.09. The molecule has 0 saturated heterocycles. The Morgan fingerprint density at radius 3 is 3.00 bits per heavy atom. The Labute approximate surface area is 124 Å². The van der Waals surface area contributed by atoms with Crippen LogP contribution in [0.1, 0.15) is 24.8 Å². The second kappa shape index (κ2) is 6.10. The van der Waals surface area contributed by atoms with Crippen LogP contribution in [0.25, 0.3) is 0 Å². The fraction of sp³-hybridized carbons (Fsp3) is 0.375. The van der Waals surface area contributed by atoms with Gasteiger partial charge in [-0.2, -0.15) is 4.98 Å². The molecule has 1 aromatic heterocycles. The van der Waals surface area contributed by atoms with Gasteiger partial charge < -0.3 is 15.4 Å². The van der Waals surface area contributed by atoms with E-state index in [1.807, 2.05) is 6.92 Å². The van der Waals surface area contributed by atoms with Crippen LogP contribution in [-0.2, 0) is 0 Å². The third kappa shape index (κ3) is 2.69. The van der Waals surface area contributed by atoms with E-state index in [9.17, 15) is 0 Å². The molecule has 0 aliphatic carbocycles. The molecule has 0 amide bonds. The van der Waals surface area contributed by atoms with Crippen molar-refractivity contribution in [3.63, 3.8) is 0 Å². The van der Waals surface area contributed by atoms with Crippen LogP contribution in [0.2, 0.25) is 0 Å². The Morgan fingerprint density at radius 1 is 1.33 bits per heavy atom. The smallest absolute Gasteiger partial charge is 0.234 e. The first-order valence-electron chi connectivity index (χ1n) is 7.35. The fourth-order valence-corrected chi connectivity index (χ4v) is 2.85. The molecule has 1 aliphatic rings. The summed E-state index contributed by atoms with van der Waals surface area (Å²) in [6, 6.07) is 8.43. The molecule has 0 spiro atoms. The van der Waals surface area contributed by atoms with Crippen LogP contribution in [0.5, 0.6) is 5.88 Å². The first kappa shape index (κ1) is 13.8. The Bertz CT molecular complexity index is 617. The topological polar surface area (TPSA) is 64.3 Å². The predicted octanol–water partition coefficient (Wildman–Crippen LogP) is 2.46. The van der Waals surface area contributed by atoms with Crippen molar-refractivity contribution in [2.45, 2.75) is 19.3 Å². The molecule has 5 heteroatoms. The summed E-state index contributed by atoms with van der Waals surface area (Å²) in [5, 5.41) is 0. The molecular weight excluding hydrogens is 264 g/mol. The largest absolute Gasteiger partial charge is 0.477 e. The first-order valence-corrected chi connectivity index (χ1v) is 7.35. The summed E-state index contributed by atoms with van der Waals surface area (Å²) in [6.07, 6.45) is 4.41. The molecule has 0 radical (unpaired) electrons. The van der Waals surface area contributed by atoms with Gasteiger partial charge in [0.1, 0.15) is 0 Å². The van der Waals surface area contributed by atoms with Gasteiger partial charge in [-0.25, -0.2) is 0 Å². The molecule has 2 aromatic rings. The summed E-state index contributed by atoms with van der Waals surface area (Å²) in [5.74, 6) is 1.84. The lowest BCUT2D eigenvalue weighted by atomic mass is 9.98. The quantitative estimate of drug-likeness (QED) is 0.913. The van der Waals surface area contributed by atoms with Crippen molar-refractivity contribution in [3.8, 4) is 5.88 Å². The van der Waals surface area contributed by atoms with Crippen LogP contribution in [0.15, 0.2) is 36.7 Å². The minimum atomic E-state index is 0.448. The molecule has 1 aliphatic heterocycles. The number of benzene rings is 1. The molecule has 5 nitrogen and oxygen atoms in total. The Hall–Kier alpha value is -2.14. The van der Waals surface area contributed by atoms with E-state index >= 15 is 0 Å². The van der Waals surface area contributed by atoms with E-state index in [1.54, 1.807) is 12.4 Å². The molecule has 1 atom stereocenters. The maximum absolute atomic E-state index is 5.75. The van der Waals surface area contributed by atoms with Crippen molar-refractivity contribution in [3.05, 3.63) is 42.2 Å². The highest BCUT2D eigenvalue weighted by Crippen LogP contribution is 2.41. The van der Waals surface area contributed by atoms with Crippen molar-refractivity contribution in [2.24, 2.45) is 5.73 Å². The number of nitrogens with zero attached hydrogens (tertiary/aromatic N) is 3. The van der Waals surface area contributed by atoms with E-state index in [1.165, 1.54) is 11.3 Å². The summed E-state index contributed by atoms with van der Waals surface area (Å²) in [5.41, 5.74) is 8.28. The van der Waals surface area contributed by atoms with Gasteiger partial charge >= 0.3 is 0 Å². The summed E-state index contributed by atoms with van der Waals surface area (Å²) in [6.45, 7) is 4.11.